The second-order valence-electron chi connectivity index (χ2n) is 9.53. The molecule has 1 aromatic carbocycles. The lowest BCUT2D eigenvalue weighted by atomic mass is 10.0. The van der Waals surface area contributed by atoms with Gasteiger partial charge in [-0.1, -0.05) is 61.7 Å². The number of hydrogen-bond donors (Lipinski definition) is 2. The van der Waals surface area contributed by atoms with E-state index >= 15 is 0 Å². The molecule has 40 heavy (non-hydrogen) atoms. The Morgan fingerprint density at radius 1 is 1.05 bits per heavy atom. The molecule has 0 amide bonds. The Labute approximate surface area is 236 Å². The predicted molar refractivity (Wildman–Crippen MR) is 163 cm³/mol. The van der Waals surface area contributed by atoms with E-state index < -0.39 is 0 Å². The van der Waals surface area contributed by atoms with E-state index in [1.807, 2.05) is 43.6 Å². The molecule has 0 unspecified atom stereocenters. The van der Waals surface area contributed by atoms with E-state index in [2.05, 4.69) is 70.6 Å². The van der Waals surface area contributed by atoms with Crippen LogP contribution in [0.25, 0.3) is 35.3 Å². The van der Waals surface area contributed by atoms with Crippen molar-refractivity contribution in [2.75, 3.05) is 0 Å². The average molecular weight is 548 g/mol. The lowest BCUT2D eigenvalue weighted by Crippen LogP contribution is -2.21. The van der Waals surface area contributed by atoms with Crippen molar-refractivity contribution in [1.82, 2.24) is 25.1 Å². The average Bonchev–Trinajstić information content (AvgIpc) is 3.68. The third kappa shape index (κ3) is 6.00. The molecule has 0 fully saturated rings. The Bertz CT molecular complexity index is 1820. The highest BCUT2D eigenvalue weighted by Gasteiger charge is 2.17. The summed E-state index contributed by atoms with van der Waals surface area (Å²) in [7, 11) is 0. The van der Waals surface area contributed by atoms with Crippen LogP contribution in [0.3, 0.4) is 0 Å². The first kappa shape index (κ1) is 27.0. The second-order valence-corrected chi connectivity index (χ2v) is 10.6. The molecule has 200 valence electrons. The summed E-state index contributed by atoms with van der Waals surface area (Å²) in [5.74, 6) is 0.594. The van der Waals surface area contributed by atoms with Gasteiger partial charge in [0.2, 0.25) is 0 Å². The number of nitrogens with one attached hydrogen (secondary N) is 2. The second kappa shape index (κ2) is 12.1. The zero-order valence-corrected chi connectivity index (χ0v) is 23.4. The number of H-pyrrole nitrogens is 2. The first-order valence-electron chi connectivity index (χ1n) is 13.0. The summed E-state index contributed by atoms with van der Waals surface area (Å²) >= 11 is 1.07. The molecule has 0 bridgehead atoms. The number of nitrogens with zero attached hydrogens (tertiary/aromatic N) is 3. The minimum absolute atomic E-state index is 0.246. The molecular weight excluding hydrogens is 517 g/mol. The Morgan fingerprint density at radius 3 is 2.60 bits per heavy atom. The Kier molecular flexibility index (Phi) is 8.12. The topological polar surface area (TPSA) is 70.2 Å². The molecule has 2 N–H and O–H groups in total. The fourth-order valence-corrected chi connectivity index (χ4v) is 5.24. The van der Waals surface area contributed by atoms with Gasteiger partial charge in [0.15, 0.2) is 11.0 Å². The van der Waals surface area contributed by atoms with Crippen LogP contribution < -0.4 is 10.6 Å². The van der Waals surface area contributed by atoms with Gasteiger partial charge in [-0.3, -0.25) is 10.1 Å². The van der Waals surface area contributed by atoms with Crippen LogP contribution in [-0.2, 0) is 12.8 Å². The van der Waals surface area contributed by atoms with Crippen molar-refractivity contribution in [2.24, 2.45) is 0 Å². The first-order valence-corrected chi connectivity index (χ1v) is 13.8. The van der Waals surface area contributed by atoms with Crippen molar-refractivity contribution >= 4 is 35.1 Å². The van der Waals surface area contributed by atoms with E-state index in [9.17, 15) is 4.39 Å². The van der Waals surface area contributed by atoms with Crippen molar-refractivity contribution in [3.63, 3.8) is 0 Å². The summed E-state index contributed by atoms with van der Waals surface area (Å²) in [5.41, 5.74) is 7.68. The molecule has 4 heterocycles. The van der Waals surface area contributed by atoms with Crippen LogP contribution in [0.5, 0.6) is 0 Å². The van der Waals surface area contributed by atoms with Crippen LogP contribution in [0.1, 0.15) is 39.9 Å². The first-order chi connectivity index (χ1) is 19.4. The fraction of sp³-hybridized carbons (Fsp3) is 0.121. The van der Waals surface area contributed by atoms with Crippen LogP contribution in [0.4, 0.5) is 4.39 Å². The number of pyridine rings is 1. The van der Waals surface area contributed by atoms with Crippen LogP contribution in [-0.4, -0.2) is 25.1 Å². The highest BCUT2D eigenvalue weighted by atomic mass is 32.1. The van der Waals surface area contributed by atoms with E-state index in [0.717, 1.165) is 67.7 Å². The molecule has 0 atom stereocenters. The molecule has 5 rings (SSSR count). The Balaban J connectivity index is 1.38. The normalized spacial score (nSPS) is 12.7. The molecule has 5 nitrogen and oxygen atoms in total. The van der Waals surface area contributed by atoms with Crippen LogP contribution in [0.2, 0.25) is 0 Å². The highest BCUT2D eigenvalue weighted by molar-refractivity contribution is 7.11. The molecule has 0 radical (unpaired) electrons. The summed E-state index contributed by atoms with van der Waals surface area (Å²) in [5, 5.41) is 8.85. The van der Waals surface area contributed by atoms with Gasteiger partial charge < -0.3 is 4.98 Å². The van der Waals surface area contributed by atoms with Gasteiger partial charge in [0.25, 0.3) is 0 Å². The molecular formula is C33H30FN5S. The van der Waals surface area contributed by atoms with E-state index in [-0.39, 0.29) is 5.13 Å². The molecule has 0 saturated heterocycles. The van der Waals surface area contributed by atoms with Gasteiger partial charge in [-0.15, -0.1) is 11.3 Å². The predicted octanol–water partition coefficient (Wildman–Crippen LogP) is 6.40. The van der Waals surface area contributed by atoms with Gasteiger partial charge in [0, 0.05) is 33.8 Å². The number of aromatic amines is 2. The maximum atomic E-state index is 13.7. The van der Waals surface area contributed by atoms with Gasteiger partial charge >= 0.3 is 0 Å². The molecule has 0 aliphatic heterocycles. The summed E-state index contributed by atoms with van der Waals surface area (Å²) in [6.45, 7) is 12.1. The molecule has 0 aliphatic rings. The number of allylic oxidation sites excluding steroid dienone is 4. The molecule has 4 aromatic heterocycles. The molecule has 7 heteroatoms. The molecule has 0 aliphatic carbocycles. The number of rotatable bonds is 9. The van der Waals surface area contributed by atoms with Gasteiger partial charge in [-0.25, -0.2) is 4.98 Å². The molecule has 0 saturated carbocycles. The van der Waals surface area contributed by atoms with Gasteiger partial charge in [-0.05, 0) is 73.2 Å². The maximum absolute atomic E-state index is 13.7. The summed E-state index contributed by atoms with van der Waals surface area (Å²) in [4.78, 5) is 13.4. The number of halogens is 1. The summed E-state index contributed by atoms with van der Waals surface area (Å²) in [6.07, 6.45) is 13.3. The van der Waals surface area contributed by atoms with Crippen LogP contribution in [0, 0.1) is 12.1 Å². The summed E-state index contributed by atoms with van der Waals surface area (Å²) < 4.78 is 13.7. The van der Waals surface area contributed by atoms with Crippen LogP contribution in [0.15, 0.2) is 85.7 Å². The summed E-state index contributed by atoms with van der Waals surface area (Å²) in [6, 6.07) is 15.9. The van der Waals surface area contributed by atoms with E-state index in [1.54, 1.807) is 12.1 Å². The fourth-order valence-electron chi connectivity index (χ4n) is 4.48. The van der Waals surface area contributed by atoms with E-state index in [1.165, 1.54) is 17.2 Å². The number of imidazole rings is 1. The molecule has 5 aromatic rings. The largest absolute Gasteiger partial charge is 0.340 e. The zero-order chi connectivity index (χ0) is 28.1. The van der Waals surface area contributed by atoms with E-state index in [4.69, 9.17) is 4.98 Å². The van der Waals surface area contributed by atoms with Gasteiger partial charge in [0.1, 0.15) is 5.69 Å². The smallest absolute Gasteiger partial charge is 0.176 e. The number of aromatic nitrogens is 5. The number of hydrogen-bond acceptors (Lipinski definition) is 4. The maximum Gasteiger partial charge on any atom is 0.176 e. The third-order valence-electron chi connectivity index (χ3n) is 6.68. The Hall–Kier alpha value is -4.62. The zero-order valence-electron chi connectivity index (χ0n) is 22.5. The lowest BCUT2D eigenvalue weighted by molar-refractivity contribution is 0.657. The number of thiophene rings is 1. The minimum Gasteiger partial charge on any atom is -0.340 e. The SMILES string of the molecule is C=C/C=C(/c1ccc(F)s1)c1nc(-c2n[nH]/c(=C/C=C(\C)c3cncc(CCc4ccccc4)c3)c2=C)[nH]c1C. The minimum atomic E-state index is -0.246. The van der Waals surface area contributed by atoms with Crippen molar-refractivity contribution in [2.45, 2.75) is 26.7 Å². The quantitative estimate of drug-likeness (QED) is 0.210. The van der Waals surface area contributed by atoms with Gasteiger partial charge in [-0.2, -0.15) is 9.49 Å². The van der Waals surface area contributed by atoms with E-state index in [0.29, 0.717) is 11.5 Å². The van der Waals surface area contributed by atoms with Crippen molar-refractivity contribution < 1.29 is 4.39 Å². The number of aryl methyl sites for hydroxylation is 3. The standard InChI is InChI=1S/C33H30FN5S/c1-5-9-27(29-16-17-30(34)40-29)32-23(4)36-33(37-32)31-22(3)28(38-39-31)15-12-21(2)26-18-25(19-35-20-26)14-13-24-10-7-6-8-11-24/h5-12,15-20,38H,1,3,13-14H2,2,4H3,(H,36,37)/b21-12+,27-9-,28-15+. The van der Waals surface area contributed by atoms with Crippen LogP contribution >= 0.6 is 11.3 Å². The Morgan fingerprint density at radius 2 is 1.85 bits per heavy atom. The number of benzene rings is 1. The van der Waals surface area contributed by atoms with Crippen molar-refractivity contribution in [3.05, 3.63) is 134 Å². The highest BCUT2D eigenvalue weighted by Crippen LogP contribution is 2.31. The monoisotopic (exact) mass is 547 g/mol. The van der Waals surface area contributed by atoms with Crippen molar-refractivity contribution in [1.29, 1.82) is 0 Å². The lowest BCUT2D eigenvalue weighted by Gasteiger charge is -2.05. The van der Waals surface area contributed by atoms with Gasteiger partial charge in [0.05, 0.1) is 11.0 Å². The third-order valence-corrected chi connectivity index (χ3v) is 7.59. The van der Waals surface area contributed by atoms with Crippen molar-refractivity contribution in [3.8, 4) is 11.5 Å². The molecule has 0 spiro atoms.